The van der Waals surface area contributed by atoms with Crippen LogP contribution in [0.5, 0.6) is 0 Å². The maximum Gasteiger partial charge on any atom is 0.243 e. The minimum Gasteiger partial charge on any atom is -0.341 e. The van der Waals surface area contributed by atoms with Gasteiger partial charge in [-0.1, -0.05) is 0 Å². The van der Waals surface area contributed by atoms with E-state index < -0.39 is 39.3 Å². The molecule has 2 aliphatic heterocycles. The Morgan fingerprint density at radius 3 is 2.30 bits per heavy atom. The fourth-order valence-electron chi connectivity index (χ4n) is 4.17. The van der Waals surface area contributed by atoms with Gasteiger partial charge in [0, 0.05) is 45.2 Å². The topological polar surface area (TPSA) is 78.0 Å². The van der Waals surface area contributed by atoms with Crippen molar-refractivity contribution in [1.82, 2.24) is 9.21 Å². The van der Waals surface area contributed by atoms with E-state index in [0.29, 0.717) is 19.0 Å². The zero-order valence-electron chi connectivity index (χ0n) is 17.6. The number of hydrogen-bond acceptors (Lipinski definition) is 4. The van der Waals surface area contributed by atoms with Gasteiger partial charge in [0.25, 0.3) is 0 Å². The molecule has 33 heavy (non-hydrogen) atoms. The molecule has 0 radical (unpaired) electrons. The second-order valence-corrected chi connectivity index (χ2v) is 9.98. The number of hydrogen-bond donors (Lipinski definition) is 0. The van der Waals surface area contributed by atoms with Crippen molar-refractivity contribution in [3.63, 3.8) is 0 Å². The van der Waals surface area contributed by atoms with E-state index in [1.807, 2.05) is 0 Å². The highest BCUT2D eigenvalue weighted by atomic mass is 32.2. The molecule has 2 amide bonds. The molecular weight excluding hydrogens is 459 g/mol. The average molecular weight is 481 g/mol. The van der Waals surface area contributed by atoms with Gasteiger partial charge in [-0.2, -0.15) is 4.31 Å². The number of carbonyl (C=O) groups excluding carboxylic acids is 2. The van der Waals surface area contributed by atoms with Gasteiger partial charge in [0.2, 0.25) is 21.8 Å². The summed E-state index contributed by atoms with van der Waals surface area (Å²) >= 11 is 0. The van der Waals surface area contributed by atoms with E-state index in [0.717, 1.165) is 23.1 Å². The molecule has 0 spiro atoms. The highest BCUT2D eigenvalue weighted by Crippen LogP contribution is 2.29. The van der Waals surface area contributed by atoms with Crippen molar-refractivity contribution in [2.45, 2.75) is 17.7 Å². The molecule has 1 unspecified atom stereocenters. The summed E-state index contributed by atoms with van der Waals surface area (Å²) < 4.78 is 67.5. The van der Waals surface area contributed by atoms with E-state index in [4.69, 9.17) is 0 Å². The molecule has 2 aromatic rings. The van der Waals surface area contributed by atoms with Crippen LogP contribution in [0.4, 0.5) is 18.9 Å². The zero-order valence-corrected chi connectivity index (χ0v) is 18.4. The van der Waals surface area contributed by atoms with E-state index in [-0.39, 0.29) is 49.1 Å². The molecule has 176 valence electrons. The molecule has 11 heteroatoms. The molecule has 1 atom stereocenters. The van der Waals surface area contributed by atoms with E-state index in [2.05, 4.69) is 0 Å². The van der Waals surface area contributed by atoms with Gasteiger partial charge in [0.1, 0.15) is 17.5 Å². The molecule has 7 nitrogen and oxygen atoms in total. The van der Waals surface area contributed by atoms with Crippen LogP contribution >= 0.6 is 0 Å². The predicted molar refractivity (Wildman–Crippen MR) is 113 cm³/mol. The number of rotatable bonds is 4. The van der Waals surface area contributed by atoms with Crippen LogP contribution in [0.2, 0.25) is 0 Å². The van der Waals surface area contributed by atoms with E-state index >= 15 is 0 Å². The van der Waals surface area contributed by atoms with Gasteiger partial charge in [-0.3, -0.25) is 9.59 Å². The lowest BCUT2D eigenvalue weighted by molar-refractivity contribution is -0.135. The quantitative estimate of drug-likeness (QED) is 0.672. The van der Waals surface area contributed by atoms with Crippen molar-refractivity contribution in [1.29, 1.82) is 0 Å². The number of amides is 2. The second-order valence-electron chi connectivity index (χ2n) is 8.04. The first-order chi connectivity index (χ1) is 15.7. The Balaban J connectivity index is 1.42. The standard InChI is InChI=1S/C22H22F3N3O4S/c23-16-2-5-18(6-3-16)33(31,32)27-9-1-8-26(10-11-27)22(30)15-12-21(29)28(14-15)20-7-4-17(24)13-19(20)25/h2-7,13,15H,1,8-12,14H2. The molecule has 0 bridgehead atoms. The SMILES string of the molecule is O=C(C1CC(=O)N(c2ccc(F)cc2F)C1)N1CCCN(S(=O)(=O)c2ccc(F)cc2)CC1. The van der Waals surface area contributed by atoms with Gasteiger partial charge in [-0.15, -0.1) is 0 Å². The smallest absolute Gasteiger partial charge is 0.243 e. The zero-order chi connectivity index (χ0) is 23.8. The highest BCUT2D eigenvalue weighted by molar-refractivity contribution is 7.89. The van der Waals surface area contributed by atoms with Crippen molar-refractivity contribution < 1.29 is 31.2 Å². The summed E-state index contributed by atoms with van der Waals surface area (Å²) in [5.74, 6) is -3.64. The maximum atomic E-state index is 14.1. The first-order valence-electron chi connectivity index (χ1n) is 10.5. The Morgan fingerprint density at radius 2 is 1.61 bits per heavy atom. The van der Waals surface area contributed by atoms with Crippen LogP contribution in [0, 0.1) is 23.4 Å². The fourth-order valence-corrected chi connectivity index (χ4v) is 5.64. The number of nitrogens with zero attached hydrogens (tertiary/aromatic N) is 3. The fraction of sp³-hybridized carbons (Fsp3) is 0.364. The monoisotopic (exact) mass is 481 g/mol. The number of halogens is 3. The molecule has 0 N–H and O–H groups in total. The molecule has 2 aromatic carbocycles. The summed E-state index contributed by atoms with van der Waals surface area (Å²) in [6.07, 6.45) is 0.285. The van der Waals surface area contributed by atoms with Crippen LogP contribution in [-0.2, 0) is 19.6 Å². The maximum absolute atomic E-state index is 14.1. The summed E-state index contributed by atoms with van der Waals surface area (Å²) in [4.78, 5) is 28.1. The van der Waals surface area contributed by atoms with Gasteiger partial charge >= 0.3 is 0 Å². The van der Waals surface area contributed by atoms with Crippen LogP contribution in [-0.4, -0.2) is 62.2 Å². The summed E-state index contributed by atoms with van der Waals surface area (Å²) in [5.41, 5.74) is -0.0795. The second kappa shape index (κ2) is 9.14. The lowest BCUT2D eigenvalue weighted by Crippen LogP contribution is -2.40. The number of carbonyl (C=O) groups is 2. The van der Waals surface area contributed by atoms with Gasteiger partial charge in [0.15, 0.2) is 0 Å². The average Bonchev–Trinajstić information content (AvgIpc) is 2.98. The largest absolute Gasteiger partial charge is 0.341 e. The van der Waals surface area contributed by atoms with Crippen LogP contribution in [0.25, 0.3) is 0 Å². The summed E-state index contributed by atoms with van der Waals surface area (Å²) in [6, 6.07) is 7.45. The predicted octanol–water partition coefficient (Wildman–Crippen LogP) is 2.38. The molecule has 2 fully saturated rings. The molecule has 0 aliphatic carbocycles. The summed E-state index contributed by atoms with van der Waals surface area (Å²) in [6.45, 7) is 0.662. The lowest BCUT2D eigenvalue weighted by Gasteiger charge is -2.24. The Hall–Kier alpha value is -2.92. The van der Waals surface area contributed by atoms with Crippen molar-refractivity contribution in [2.75, 3.05) is 37.6 Å². The van der Waals surface area contributed by atoms with Crippen LogP contribution in [0.1, 0.15) is 12.8 Å². The molecule has 0 aromatic heterocycles. The van der Waals surface area contributed by atoms with Gasteiger partial charge < -0.3 is 9.80 Å². The lowest BCUT2D eigenvalue weighted by atomic mass is 10.1. The van der Waals surface area contributed by atoms with Gasteiger partial charge in [-0.25, -0.2) is 21.6 Å². The summed E-state index contributed by atoms with van der Waals surface area (Å²) in [7, 11) is -3.84. The van der Waals surface area contributed by atoms with Crippen molar-refractivity contribution in [3.05, 3.63) is 59.9 Å². The van der Waals surface area contributed by atoms with E-state index in [1.54, 1.807) is 0 Å². The minimum atomic E-state index is -3.84. The number of benzene rings is 2. The molecule has 2 aliphatic rings. The third-order valence-corrected chi connectivity index (χ3v) is 7.81. The van der Waals surface area contributed by atoms with Crippen LogP contribution in [0.15, 0.2) is 47.4 Å². The minimum absolute atomic E-state index is 0.0259. The van der Waals surface area contributed by atoms with Crippen LogP contribution < -0.4 is 4.90 Å². The first-order valence-corrected chi connectivity index (χ1v) is 11.9. The highest BCUT2D eigenvalue weighted by Gasteiger charge is 2.39. The summed E-state index contributed by atoms with van der Waals surface area (Å²) in [5, 5.41) is 0. The normalized spacial score (nSPS) is 20.2. The van der Waals surface area contributed by atoms with Gasteiger partial charge in [0.05, 0.1) is 16.5 Å². The Bertz CT molecular complexity index is 1170. The third-order valence-electron chi connectivity index (χ3n) is 5.89. The Kier molecular flexibility index (Phi) is 6.44. The molecule has 2 saturated heterocycles. The Morgan fingerprint density at radius 1 is 0.909 bits per heavy atom. The van der Waals surface area contributed by atoms with Crippen molar-refractivity contribution in [2.24, 2.45) is 5.92 Å². The first kappa shape index (κ1) is 23.2. The van der Waals surface area contributed by atoms with Gasteiger partial charge in [-0.05, 0) is 42.8 Å². The van der Waals surface area contributed by atoms with Crippen LogP contribution in [0.3, 0.4) is 0 Å². The van der Waals surface area contributed by atoms with E-state index in [1.165, 1.54) is 27.4 Å². The number of sulfonamides is 1. The third kappa shape index (κ3) is 4.74. The molecule has 4 rings (SSSR count). The van der Waals surface area contributed by atoms with Crippen molar-refractivity contribution >= 4 is 27.5 Å². The molecule has 2 heterocycles. The molecule has 0 saturated carbocycles. The van der Waals surface area contributed by atoms with Crippen molar-refractivity contribution in [3.8, 4) is 0 Å². The molecular formula is C22H22F3N3O4S. The Labute approximate surface area is 189 Å². The number of anilines is 1. The van der Waals surface area contributed by atoms with E-state index in [9.17, 15) is 31.2 Å².